The molecule has 0 unspecified atom stereocenters. The van der Waals surface area contributed by atoms with Crippen LogP contribution in [0.1, 0.15) is 10.4 Å². The molecule has 0 aromatic heterocycles. The number of halogens is 3. The molecule has 2 aromatic carbocycles. The van der Waals surface area contributed by atoms with E-state index in [0.29, 0.717) is 6.07 Å². The minimum Gasteiger partial charge on any atom is -0.508 e. The van der Waals surface area contributed by atoms with Crippen LogP contribution in [0.15, 0.2) is 30.3 Å². The third-order valence-electron chi connectivity index (χ3n) is 2.53. The van der Waals surface area contributed by atoms with Gasteiger partial charge in [0.1, 0.15) is 17.4 Å². The first-order valence-corrected chi connectivity index (χ1v) is 5.80. The first-order chi connectivity index (χ1) is 9.38. The highest BCUT2D eigenvalue weighted by Gasteiger charge is 2.15. The molecule has 4 N–H and O–H groups in total. The summed E-state index contributed by atoms with van der Waals surface area (Å²) in [5.74, 6) is -2.81. The van der Waals surface area contributed by atoms with Gasteiger partial charge in [0.25, 0.3) is 5.91 Å². The maximum absolute atomic E-state index is 13.5. The molecule has 0 bridgehead atoms. The highest BCUT2D eigenvalue weighted by Crippen LogP contribution is 2.25. The van der Waals surface area contributed by atoms with Gasteiger partial charge in [-0.15, -0.1) is 0 Å². The average Bonchev–Trinajstić information content (AvgIpc) is 2.38. The lowest BCUT2D eigenvalue weighted by Crippen LogP contribution is -2.14. The van der Waals surface area contributed by atoms with Crippen molar-refractivity contribution in [3.63, 3.8) is 0 Å². The molecule has 20 heavy (non-hydrogen) atoms. The lowest BCUT2D eigenvalue weighted by Gasteiger charge is -2.09. The fourth-order valence-corrected chi connectivity index (χ4v) is 1.74. The third-order valence-corrected chi connectivity index (χ3v) is 2.86. The summed E-state index contributed by atoms with van der Waals surface area (Å²) >= 11 is 5.80. The van der Waals surface area contributed by atoms with Crippen molar-refractivity contribution in [3.8, 4) is 5.75 Å². The maximum atomic E-state index is 13.5. The van der Waals surface area contributed by atoms with E-state index in [2.05, 4.69) is 5.32 Å². The van der Waals surface area contributed by atoms with Gasteiger partial charge >= 0.3 is 0 Å². The van der Waals surface area contributed by atoms with Crippen LogP contribution < -0.4 is 11.1 Å². The number of hydrogen-bond acceptors (Lipinski definition) is 3. The standard InChI is InChI=1S/C13H9ClF2N2O2/c14-8-2-1-6(19)3-7(8)13(20)18-12-5-11(17)9(15)4-10(12)16/h1-5,19H,17H2,(H,18,20). The van der Waals surface area contributed by atoms with Crippen molar-refractivity contribution in [2.45, 2.75) is 0 Å². The van der Waals surface area contributed by atoms with Gasteiger partial charge < -0.3 is 16.2 Å². The normalized spacial score (nSPS) is 10.3. The van der Waals surface area contributed by atoms with Gasteiger partial charge in [-0.2, -0.15) is 0 Å². The number of rotatable bonds is 2. The molecule has 0 saturated heterocycles. The molecule has 2 rings (SSSR count). The quantitative estimate of drug-likeness (QED) is 0.745. The molecule has 104 valence electrons. The number of nitrogen functional groups attached to an aromatic ring is 1. The van der Waals surface area contributed by atoms with Gasteiger partial charge in [0.05, 0.1) is 22.0 Å². The Hall–Kier alpha value is -2.34. The van der Waals surface area contributed by atoms with E-state index in [0.717, 1.165) is 12.1 Å². The number of carbonyl (C=O) groups is 1. The van der Waals surface area contributed by atoms with Crippen LogP contribution in [0.3, 0.4) is 0 Å². The van der Waals surface area contributed by atoms with E-state index in [4.69, 9.17) is 17.3 Å². The highest BCUT2D eigenvalue weighted by molar-refractivity contribution is 6.34. The minimum absolute atomic E-state index is 0.0473. The fourth-order valence-electron chi connectivity index (χ4n) is 1.54. The largest absolute Gasteiger partial charge is 0.508 e. The second-order valence-corrected chi connectivity index (χ2v) is 4.38. The van der Waals surface area contributed by atoms with Crippen LogP contribution in [0.4, 0.5) is 20.2 Å². The van der Waals surface area contributed by atoms with Gasteiger partial charge in [-0.05, 0) is 24.3 Å². The smallest absolute Gasteiger partial charge is 0.257 e. The highest BCUT2D eigenvalue weighted by atomic mass is 35.5. The lowest BCUT2D eigenvalue weighted by atomic mass is 10.2. The second-order valence-electron chi connectivity index (χ2n) is 3.97. The summed E-state index contributed by atoms with van der Waals surface area (Å²) < 4.78 is 26.5. The maximum Gasteiger partial charge on any atom is 0.257 e. The molecular formula is C13H9ClF2N2O2. The summed E-state index contributed by atoms with van der Waals surface area (Å²) in [4.78, 5) is 11.9. The van der Waals surface area contributed by atoms with Crippen molar-refractivity contribution in [3.05, 3.63) is 52.6 Å². The lowest BCUT2D eigenvalue weighted by molar-refractivity contribution is 0.102. The van der Waals surface area contributed by atoms with E-state index in [1.54, 1.807) is 0 Å². The summed E-state index contributed by atoms with van der Waals surface area (Å²) in [6.07, 6.45) is 0. The molecule has 0 aliphatic carbocycles. The molecule has 0 radical (unpaired) electrons. The van der Waals surface area contributed by atoms with Crippen molar-refractivity contribution in [1.82, 2.24) is 0 Å². The Kier molecular flexibility index (Phi) is 3.76. The second kappa shape index (κ2) is 5.34. The molecule has 0 fully saturated rings. The number of amides is 1. The number of hydrogen-bond donors (Lipinski definition) is 3. The van der Waals surface area contributed by atoms with E-state index in [1.165, 1.54) is 12.1 Å². The summed E-state index contributed by atoms with van der Waals surface area (Å²) in [7, 11) is 0. The Labute approximate surface area is 117 Å². The number of aromatic hydroxyl groups is 1. The molecule has 0 spiro atoms. The SMILES string of the molecule is Nc1cc(NC(=O)c2cc(O)ccc2Cl)c(F)cc1F. The summed E-state index contributed by atoms with van der Waals surface area (Å²) in [5, 5.41) is 11.6. The molecule has 0 saturated carbocycles. The van der Waals surface area contributed by atoms with Gasteiger partial charge in [0.2, 0.25) is 0 Å². The zero-order valence-corrected chi connectivity index (χ0v) is 10.7. The molecule has 4 nitrogen and oxygen atoms in total. The summed E-state index contributed by atoms with van der Waals surface area (Å²) in [5.41, 5.74) is 4.67. The van der Waals surface area contributed by atoms with E-state index in [1.807, 2.05) is 0 Å². The van der Waals surface area contributed by atoms with Crippen molar-refractivity contribution in [2.75, 3.05) is 11.1 Å². The molecule has 2 aromatic rings. The van der Waals surface area contributed by atoms with Crippen molar-refractivity contribution in [2.24, 2.45) is 0 Å². The van der Waals surface area contributed by atoms with Gasteiger partial charge in [-0.25, -0.2) is 8.78 Å². The van der Waals surface area contributed by atoms with E-state index < -0.39 is 17.5 Å². The minimum atomic E-state index is -0.971. The molecule has 0 atom stereocenters. The number of anilines is 2. The van der Waals surface area contributed by atoms with E-state index >= 15 is 0 Å². The number of carbonyl (C=O) groups excluding carboxylic acids is 1. The summed E-state index contributed by atoms with van der Waals surface area (Å²) in [6.45, 7) is 0. The van der Waals surface area contributed by atoms with Gasteiger partial charge in [-0.1, -0.05) is 11.6 Å². The Morgan fingerprint density at radius 3 is 2.60 bits per heavy atom. The predicted octanol–water partition coefficient (Wildman–Crippen LogP) is 3.16. The molecular weight excluding hydrogens is 290 g/mol. The first-order valence-electron chi connectivity index (χ1n) is 5.43. The number of phenolic OH excluding ortho intramolecular Hbond substituents is 1. The van der Waals surface area contributed by atoms with Crippen LogP contribution in [0.25, 0.3) is 0 Å². The molecule has 1 amide bonds. The molecule has 7 heteroatoms. The van der Waals surface area contributed by atoms with Crippen LogP contribution in [0.5, 0.6) is 5.75 Å². The van der Waals surface area contributed by atoms with E-state index in [-0.39, 0.29) is 27.7 Å². The Balaban J connectivity index is 2.32. The third kappa shape index (κ3) is 2.80. The monoisotopic (exact) mass is 298 g/mol. The average molecular weight is 299 g/mol. The Bertz CT molecular complexity index is 692. The fraction of sp³-hybridized carbons (Fsp3) is 0. The number of nitrogens with one attached hydrogen (secondary N) is 1. The van der Waals surface area contributed by atoms with Gasteiger partial charge in [-0.3, -0.25) is 4.79 Å². The van der Waals surface area contributed by atoms with Gasteiger partial charge in [0, 0.05) is 6.07 Å². The van der Waals surface area contributed by atoms with E-state index in [9.17, 15) is 18.7 Å². The van der Waals surface area contributed by atoms with Crippen LogP contribution in [-0.4, -0.2) is 11.0 Å². The predicted molar refractivity (Wildman–Crippen MR) is 71.8 cm³/mol. The first kappa shape index (κ1) is 14.1. The zero-order valence-electron chi connectivity index (χ0n) is 9.95. The molecule has 0 aliphatic heterocycles. The number of nitrogens with two attached hydrogens (primary N) is 1. The van der Waals surface area contributed by atoms with Crippen molar-refractivity contribution < 1.29 is 18.7 Å². The summed E-state index contributed by atoms with van der Waals surface area (Å²) in [6, 6.07) is 5.27. The number of benzene rings is 2. The zero-order chi connectivity index (χ0) is 14.9. The number of phenols is 1. The van der Waals surface area contributed by atoms with Crippen LogP contribution in [0, 0.1) is 11.6 Å². The van der Waals surface area contributed by atoms with Crippen LogP contribution >= 0.6 is 11.6 Å². The Morgan fingerprint density at radius 1 is 1.20 bits per heavy atom. The molecule has 0 heterocycles. The van der Waals surface area contributed by atoms with Crippen LogP contribution in [-0.2, 0) is 0 Å². The Morgan fingerprint density at radius 2 is 1.90 bits per heavy atom. The van der Waals surface area contributed by atoms with Crippen LogP contribution in [0.2, 0.25) is 5.02 Å². The van der Waals surface area contributed by atoms with Crippen molar-refractivity contribution in [1.29, 1.82) is 0 Å². The topological polar surface area (TPSA) is 75.3 Å². The molecule has 0 aliphatic rings. The van der Waals surface area contributed by atoms with Crippen molar-refractivity contribution >= 4 is 28.9 Å². The van der Waals surface area contributed by atoms with Gasteiger partial charge in [0.15, 0.2) is 0 Å².